The molecule has 0 fully saturated rings. The number of aromatic nitrogens is 1. The van der Waals surface area contributed by atoms with Crippen LogP contribution in [0, 0.1) is 0 Å². The predicted octanol–water partition coefficient (Wildman–Crippen LogP) is 9.22. The summed E-state index contributed by atoms with van der Waals surface area (Å²) in [7, 11) is 0. The molecule has 1 aromatic heterocycles. The van der Waals surface area contributed by atoms with Crippen LogP contribution in [0.2, 0.25) is 0 Å². The molecule has 35 heavy (non-hydrogen) atoms. The molecule has 2 amide bonds. The van der Waals surface area contributed by atoms with E-state index < -0.39 is 0 Å². The van der Waals surface area contributed by atoms with Crippen molar-refractivity contribution in [3.05, 3.63) is 18.2 Å². The molecular weight excluding hydrogens is 458 g/mol. The van der Waals surface area contributed by atoms with Crippen LogP contribution in [0.25, 0.3) is 0 Å². The summed E-state index contributed by atoms with van der Waals surface area (Å²) < 4.78 is 0. The maximum absolute atomic E-state index is 12.2. The number of nitrogens with one attached hydrogen (secondary N) is 2. The van der Waals surface area contributed by atoms with Crippen molar-refractivity contribution < 1.29 is 9.59 Å². The number of carbonyl (C=O) groups excluding carboxylic acids is 2. The molecule has 1 rings (SSSR count). The van der Waals surface area contributed by atoms with Gasteiger partial charge in [-0.3, -0.25) is 9.59 Å². The minimum absolute atomic E-state index is 0. The summed E-state index contributed by atoms with van der Waals surface area (Å²) in [5.74, 6) is 0.992. The van der Waals surface area contributed by atoms with Crippen LogP contribution in [0.5, 0.6) is 0 Å². The molecule has 0 atom stereocenters. The molecule has 0 saturated carbocycles. The van der Waals surface area contributed by atoms with E-state index >= 15 is 0 Å². The Labute approximate surface area is 221 Å². The molecule has 0 aliphatic heterocycles. The first-order chi connectivity index (χ1) is 16.7. The molecule has 0 radical (unpaired) electrons. The Morgan fingerprint density at radius 3 is 1.23 bits per heavy atom. The first-order valence-electron chi connectivity index (χ1n) is 14.2. The lowest BCUT2D eigenvalue weighted by atomic mass is 10.1. The van der Waals surface area contributed by atoms with Gasteiger partial charge in [0.1, 0.15) is 11.6 Å². The van der Waals surface area contributed by atoms with Crippen molar-refractivity contribution in [2.24, 2.45) is 0 Å². The number of nitrogens with zero attached hydrogens (tertiary/aromatic N) is 1. The number of anilines is 2. The Morgan fingerprint density at radius 1 is 0.571 bits per heavy atom. The smallest absolute Gasteiger partial charge is 0.225 e. The average molecular weight is 510 g/mol. The first kappa shape index (κ1) is 33.4. The third-order valence-corrected chi connectivity index (χ3v) is 6.30. The fourth-order valence-corrected chi connectivity index (χ4v) is 4.18. The summed E-state index contributed by atoms with van der Waals surface area (Å²) in [6.07, 6.45) is 23.3. The monoisotopic (exact) mass is 509 g/mol. The lowest BCUT2D eigenvalue weighted by Crippen LogP contribution is -2.15. The minimum Gasteiger partial charge on any atom is -0.311 e. The van der Waals surface area contributed by atoms with Crippen molar-refractivity contribution in [3.8, 4) is 0 Å². The number of hydrogen-bond donors (Lipinski definition) is 2. The Bertz CT molecular complexity index is 603. The van der Waals surface area contributed by atoms with E-state index in [1.54, 1.807) is 12.1 Å². The van der Waals surface area contributed by atoms with Crippen LogP contribution >= 0.6 is 12.4 Å². The molecule has 0 spiro atoms. The Morgan fingerprint density at radius 2 is 0.886 bits per heavy atom. The van der Waals surface area contributed by atoms with Gasteiger partial charge < -0.3 is 10.6 Å². The van der Waals surface area contributed by atoms with E-state index in [-0.39, 0.29) is 24.2 Å². The summed E-state index contributed by atoms with van der Waals surface area (Å²) in [6.45, 7) is 4.48. The number of halogens is 1. The van der Waals surface area contributed by atoms with Gasteiger partial charge in [-0.05, 0) is 25.0 Å². The summed E-state index contributed by atoms with van der Waals surface area (Å²) in [4.78, 5) is 28.8. The van der Waals surface area contributed by atoms with Crippen LogP contribution in [0.15, 0.2) is 18.2 Å². The Balaban J connectivity index is 0.0000116. The van der Waals surface area contributed by atoms with Crippen LogP contribution in [-0.4, -0.2) is 16.8 Å². The van der Waals surface area contributed by atoms with Gasteiger partial charge in [-0.25, -0.2) is 4.98 Å². The molecule has 1 aromatic rings. The quantitative estimate of drug-likeness (QED) is 0.153. The maximum Gasteiger partial charge on any atom is 0.225 e. The largest absolute Gasteiger partial charge is 0.311 e. The first-order valence-corrected chi connectivity index (χ1v) is 14.2. The lowest BCUT2D eigenvalue weighted by molar-refractivity contribution is -0.117. The molecule has 0 aliphatic rings. The molecule has 6 heteroatoms. The SMILES string of the molecule is CCCCCCCCCCCC(=O)Nc1cccc(NC(=O)CCCCCCCCCCC)n1.Cl. The molecule has 5 nitrogen and oxygen atoms in total. The van der Waals surface area contributed by atoms with Crippen LogP contribution in [0.4, 0.5) is 11.6 Å². The fraction of sp³-hybridized carbons (Fsp3) is 0.759. The van der Waals surface area contributed by atoms with Crippen molar-refractivity contribution in [2.45, 2.75) is 142 Å². The van der Waals surface area contributed by atoms with Crippen molar-refractivity contribution in [2.75, 3.05) is 10.6 Å². The number of rotatable bonds is 22. The zero-order valence-corrected chi connectivity index (χ0v) is 23.4. The van der Waals surface area contributed by atoms with E-state index in [2.05, 4.69) is 29.5 Å². The van der Waals surface area contributed by atoms with E-state index in [4.69, 9.17) is 0 Å². The number of unbranched alkanes of at least 4 members (excludes halogenated alkanes) is 16. The second-order valence-corrected chi connectivity index (χ2v) is 9.66. The highest BCUT2D eigenvalue weighted by Crippen LogP contribution is 2.14. The Kier molecular flexibility index (Phi) is 23.0. The van der Waals surface area contributed by atoms with Gasteiger partial charge in [-0.15, -0.1) is 12.4 Å². The maximum atomic E-state index is 12.2. The average Bonchev–Trinajstić information content (AvgIpc) is 2.82. The third-order valence-electron chi connectivity index (χ3n) is 6.30. The summed E-state index contributed by atoms with van der Waals surface area (Å²) in [6, 6.07) is 5.35. The van der Waals surface area contributed by atoms with Gasteiger partial charge in [0.05, 0.1) is 0 Å². The fourth-order valence-electron chi connectivity index (χ4n) is 4.18. The van der Waals surface area contributed by atoms with Gasteiger partial charge in [0.2, 0.25) is 11.8 Å². The molecular formula is C29H52ClN3O2. The molecule has 0 unspecified atom stereocenters. The number of amides is 2. The molecule has 0 aliphatic carbocycles. The predicted molar refractivity (Wildman–Crippen MR) is 152 cm³/mol. The van der Waals surface area contributed by atoms with E-state index in [0.717, 1.165) is 25.7 Å². The van der Waals surface area contributed by atoms with Gasteiger partial charge in [0.25, 0.3) is 0 Å². The summed E-state index contributed by atoms with van der Waals surface area (Å²) in [5.41, 5.74) is 0. The highest BCUT2D eigenvalue weighted by Gasteiger charge is 2.07. The summed E-state index contributed by atoms with van der Waals surface area (Å²) >= 11 is 0. The molecule has 0 aromatic carbocycles. The molecule has 0 saturated heterocycles. The van der Waals surface area contributed by atoms with Crippen molar-refractivity contribution in [3.63, 3.8) is 0 Å². The lowest BCUT2D eigenvalue weighted by Gasteiger charge is -2.08. The van der Waals surface area contributed by atoms with Crippen LogP contribution < -0.4 is 10.6 Å². The van der Waals surface area contributed by atoms with Crippen LogP contribution in [0.3, 0.4) is 0 Å². The van der Waals surface area contributed by atoms with Gasteiger partial charge >= 0.3 is 0 Å². The molecule has 0 bridgehead atoms. The minimum atomic E-state index is -0.00591. The molecule has 2 N–H and O–H groups in total. The zero-order chi connectivity index (χ0) is 24.7. The van der Waals surface area contributed by atoms with Crippen molar-refractivity contribution >= 4 is 35.9 Å². The van der Waals surface area contributed by atoms with Gasteiger partial charge in [0, 0.05) is 12.8 Å². The highest BCUT2D eigenvalue weighted by molar-refractivity contribution is 5.91. The normalized spacial score (nSPS) is 10.6. The Hall–Kier alpha value is -1.62. The van der Waals surface area contributed by atoms with Gasteiger partial charge in [0.15, 0.2) is 0 Å². The van der Waals surface area contributed by atoms with Crippen LogP contribution in [-0.2, 0) is 9.59 Å². The highest BCUT2D eigenvalue weighted by atomic mass is 35.5. The standard InChI is InChI=1S/C29H51N3O2.ClH/c1-3-5-7-9-11-13-15-17-19-24-28(33)31-26-22-21-23-27(30-26)32-29(34)25-20-18-16-14-12-10-8-6-4-2;/h21-23H,3-20,24-25H2,1-2H3,(H2,30,31,32,33,34);1H. The summed E-state index contributed by atoms with van der Waals surface area (Å²) in [5, 5.41) is 5.73. The van der Waals surface area contributed by atoms with Crippen molar-refractivity contribution in [1.82, 2.24) is 4.98 Å². The van der Waals surface area contributed by atoms with E-state index in [9.17, 15) is 9.59 Å². The van der Waals surface area contributed by atoms with Crippen molar-refractivity contribution in [1.29, 1.82) is 0 Å². The van der Waals surface area contributed by atoms with Gasteiger partial charge in [-0.1, -0.05) is 123 Å². The van der Waals surface area contributed by atoms with E-state index in [1.807, 2.05) is 6.07 Å². The zero-order valence-electron chi connectivity index (χ0n) is 22.5. The number of hydrogen-bond acceptors (Lipinski definition) is 3. The third kappa shape index (κ3) is 20.3. The second-order valence-electron chi connectivity index (χ2n) is 9.66. The molecule has 202 valence electrons. The van der Waals surface area contributed by atoms with Gasteiger partial charge in [-0.2, -0.15) is 0 Å². The van der Waals surface area contributed by atoms with E-state index in [0.29, 0.717) is 24.5 Å². The molecule has 1 heterocycles. The topological polar surface area (TPSA) is 71.1 Å². The number of carbonyl (C=O) groups is 2. The van der Waals surface area contributed by atoms with E-state index in [1.165, 1.54) is 89.9 Å². The van der Waals surface area contributed by atoms with Crippen LogP contribution in [0.1, 0.15) is 142 Å². The number of pyridine rings is 1. The second kappa shape index (κ2) is 24.1.